The maximum absolute atomic E-state index is 12.4. The molecule has 5 nitrogen and oxygen atoms in total. The molecule has 0 atom stereocenters. The van der Waals surface area contributed by atoms with E-state index in [9.17, 15) is 8.42 Å². The molecule has 0 saturated carbocycles. The molecule has 2 rings (SSSR count). The maximum atomic E-state index is 12.4. The van der Waals surface area contributed by atoms with Crippen LogP contribution in [0.1, 0.15) is 5.56 Å². The van der Waals surface area contributed by atoms with Gasteiger partial charge in [0.1, 0.15) is 11.5 Å². The van der Waals surface area contributed by atoms with Crippen LogP contribution in [-0.4, -0.2) is 22.6 Å². The highest BCUT2D eigenvalue weighted by molar-refractivity contribution is 7.92. The third kappa shape index (κ3) is 3.66. The van der Waals surface area contributed by atoms with Crippen LogP contribution in [0.5, 0.6) is 11.5 Å². The number of aryl methyl sites for hydroxylation is 1. The lowest BCUT2D eigenvalue weighted by Gasteiger charge is -2.11. The summed E-state index contributed by atoms with van der Waals surface area (Å²) in [6.07, 6.45) is 0. The molecule has 1 N–H and O–H groups in total. The molecule has 0 aromatic heterocycles. The number of hydrogen-bond acceptors (Lipinski definition) is 4. The SMILES string of the molecule is COc1cc(NS(=O)(=O)c2cccc(C)c2)cc(OC)c1. The van der Waals surface area contributed by atoms with Crippen molar-refractivity contribution in [2.24, 2.45) is 0 Å². The van der Waals surface area contributed by atoms with Gasteiger partial charge in [-0.1, -0.05) is 12.1 Å². The Balaban J connectivity index is 2.36. The van der Waals surface area contributed by atoms with Crippen molar-refractivity contribution >= 4 is 15.7 Å². The summed E-state index contributed by atoms with van der Waals surface area (Å²) in [7, 11) is -0.632. The van der Waals surface area contributed by atoms with Crippen LogP contribution in [0.3, 0.4) is 0 Å². The van der Waals surface area contributed by atoms with Gasteiger partial charge in [0, 0.05) is 18.2 Å². The lowest BCUT2D eigenvalue weighted by Crippen LogP contribution is -2.13. The number of hydrogen-bond donors (Lipinski definition) is 1. The second-order valence-corrected chi connectivity index (χ2v) is 6.21. The summed E-state index contributed by atoms with van der Waals surface area (Å²) >= 11 is 0. The Morgan fingerprint density at radius 1 is 0.952 bits per heavy atom. The molecule has 0 spiro atoms. The fourth-order valence-electron chi connectivity index (χ4n) is 1.86. The van der Waals surface area contributed by atoms with Gasteiger partial charge in [-0.2, -0.15) is 0 Å². The van der Waals surface area contributed by atoms with E-state index < -0.39 is 10.0 Å². The number of sulfonamides is 1. The Hall–Kier alpha value is -2.21. The third-order valence-electron chi connectivity index (χ3n) is 2.90. The average Bonchev–Trinajstić information content (AvgIpc) is 2.46. The highest BCUT2D eigenvalue weighted by atomic mass is 32.2. The lowest BCUT2D eigenvalue weighted by atomic mass is 10.2. The van der Waals surface area contributed by atoms with Crippen molar-refractivity contribution in [1.82, 2.24) is 0 Å². The molecule has 0 bridgehead atoms. The van der Waals surface area contributed by atoms with Gasteiger partial charge in [-0.05, 0) is 24.6 Å². The van der Waals surface area contributed by atoms with Gasteiger partial charge in [0.05, 0.1) is 24.8 Å². The van der Waals surface area contributed by atoms with Gasteiger partial charge in [-0.3, -0.25) is 4.72 Å². The molecule has 112 valence electrons. The van der Waals surface area contributed by atoms with Gasteiger partial charge in [-0.25, -0.2) is 8.42 Å². The predicted molar refractivity (Wildman–Crippen MR) is 81.5 cm³/mol. The summed E-state index contributed by atoms with van der Waals surface area (Å²) in [4.78, 5) is 0.212. The molecule has 0 radical (unpaired) electrons. The van der Waals surface area contributed by atoms with Crippen LogP contribution < -0.4 is 14.2 Å². The number of ether oxygens (including phenoxy) is 2. The summed E-state index contributed by atoms with van der Waals surface area (Å²) < 4.78 is 37.5. The second kappa shape index (κ2) is 6.05. The summed E-state index contributed by atoms with van der Waals surface area (Å²) in [5.74, 6) is 1.02. The van der Waals surface area contributed by atoms with Gasteiger partial charge >= 0.3 is 0 Å². The van der Waals surface area contributed by atoms with E-state index in [1.807, 2.05) is 13.0 Å². The monoisotopic (exact) mass is 307 g/mol. The number of anilines is 1. The molecule has 6 heteroatoms. The standard InChI is InChI=1S/C15H17NO4S/c1-11-5-4-6-15(7-11)21(17,18)16-12-8-13(19-2)10-14(9-12)20-3/h4-10,16H,1-3H3. The molecule has 0 aliphatic rings. The van der Waals surface area contributed by atoms with E-state index >= 15 is 0 Å². The Kier molecular flexibility index (Phi) is 4.37. The van der Waals surface area contributed by atoms with Gasteiger partial charge in [-0.15, -0.1) is 0 Å². The highest BCUT2D eigenvalue weighted by Gasteiger charge is 2.15. The first-order valence-electron chi connectivity index (χ1n) is 6.27. The molecule has 0 aliphatic carbocycles. The molecular formula is C15H17NO4S. The van der Waals surface area contributed by atoms with Crippen molar-refractivity contribution in [3.8, 4) is 11.5 Å². The van der Waals surface area contributed by atoms with Crippen LogP contribution in [-0.2, 0) is 10.0 Å². The Labute approximate surface area is 124 Å². The zero-order chi connectivity index (χ0) is 15.5. The van der Waals surface area contributed by atoms with E-state index in [2.05, 4.69) is 4.72 Å². The first kappa shape index (κ1) is 15.2. The number of methoxy groups -OCH3 is 2. The quantitative estimate of drug-likeness (QED) is 0.922. The lowest BCUT2D eigenvalue weighted by molar-refractivity contribution is 0.395. The van der Waals surface area contributed by atoms with E-state index in [1.54, 1.807) is 36.4 Å². The number of rotatable bonds is 5. The summed E-state index contributed by atoms with van der Waals surface area (Å²) in [6, 6.07) is 11.6. The van der Waals surface area contributed by atoms with Crippen LogP contribution in [0.15, 0.2) is 47.4 Å². The molecule has 2 aromatic rings. The minimum atomic E-state index is -3.65. The van der Waals surface area contributed by atoms with Crippen molar-refractivity contribution in [2.75, 3.05) is 18.9 Å². The van der Waals surface area contributed by atoms with Crippen molar-refractivity contribution in [3.05, 3.63) is 48.0 Å². The minimum absolute atomic E-state index is 0.212. The largest absolute Gasteiger partial charge is 0.497 e. The highest BCUT2D eigenvalue weighted by Crippen LogP contribution is 2.27. The third-order valence-corrected chi connectivity index (χ3v) is 4.28. The molecular weight excluding hydrogens is 290 g/mol. The summed E-state index contributed by atoms with van der Waals surface area (Å²) in [6.45, 7) is 1.84. The first-order chi connectivity index (χ1) is 9.94. The van der Waals surface area contributed by atoms with E-state index in [1.165, 1.54) is 14.2 Å². The van der Waals surface area contributed by atoms with Crippen LogP contribution in [0.2, 0.25) is 0 Å². The Bertz CT molecular complexity index is 719. The fraction of sp³-hybridized carbons (Fsp3) is 0.200. The van der Waals surface area contributed by atoms with Gasteiger partial charge < -0.3 is 9.47 Å². The average molecular weight is 307 g/mol. The van der Waals surface area contributed by atoms with Crippen molar-refractivity contribution in [3.63, 3.8) is 0 Å². The molecule has 0 heterocycles. The van der Waals surface area contributed by atoms with E-state index in [-0.39, 0.29) is 4.90 Å². The molecule has 0 unspecified atom stereocenters. The van der Waals surface area contributed by atoms with Crippen LogP contribution >= 0.6 is 0 Å². The normalized spacial score (nSPS) is 11.0. The zero-order valence-electron chi connectivity index (χ0n) is 12.1. The van der Waals surface area contributed by atoms with Gasteiger partial charge in [0.15, 0.2) is 0 Å². The van der Waals surface area contributed by atoms with Gasteiger partial charge in [0.25, 0.3) is 10.0 Å². The smallest absolute Gasteiger partial charge is 0.261 e. The number of nitrogens with one attached hydrogen (secondary N) is 1. The van der Waals surface area contributed by atoms with Crippen LogP contribution in [0, 0.1) is 6.92 Å². The molecule has 0 amide bonds. The van der Waals surface area contributed by atoms with E-state index in [0.717, 1.165) is 5.56 Å². The van der Waals surface area contributed by atoms with Crippen LogP contribution in [0.25, 0.3) is 0 Å². The van der Waals surface area contributed by atoms with E-state index in [4.69, 9.17) is 9.47 Å². The first-order valence-corrected chi connectivity index (χ1v) is 7.75. The summed E-state index contributed by atoms with van der Waals surface area (Å²) in [5, 5.41) is 0. The van der Waals surface area contributed by atoms with Crippen molar-refractivity contribution in [1.29, 1.82) is 0 Å². The van der Waals surface area contributed by atoms with E-state index in [0.29, 0.717) is 17.2 Å². The molecule has 21 heavy (non-hydrogen) atoms. The van der Waals surface area contributed by atoms with Crippen LogP contribution in [0.4, 0.5) is 5.69 Å². The maximum Gasteiger partial charge on any atom is 0.261 e. The zero-order valence-corrected chi connectivity index (χ0v) is 12.9. The minimum Gasteiger partial charge on any atom is -0.497 e. The topological polar surface area (TPSA) is 64.6 Å². The molecule has 0 saturated heterocycles. The molecule has 2 aromatic carbocycles. The summed E-state index contributed by atoms with van der Waals surface area (Å²) in [5.41, 5.74) is 1.26. The Morgan fingerprint density at radius 2 is 1.57 bits per heavy atom. The second-order valence-electron chi connectivity index (χ2n) is 4.52. The fourth-order valence-corrected chi connectivity index (χ4v) is 3.01. The van der Waals surface area contributed by atoms with Crippen molar-refractivity contribution in [2.45, 2.75) is 11.8 Å². The Morgan fingerprint density at radius 3 is 2.10 bits per heavy atom. The van der Waals surface area contributed by atoms with Crippen molar-refractivity contribution < 1.29 is 17.9 Å². The predicted octanol–water partition coefficient (Wildman–Crippen LogP) is 2.81. The van der Waals surface area contributed by atoms with Gasteiger partial charge in [0.2, 0.25) is 0 Å². The molecule has 0 fully saturated rings. The molecule has 0 aliphatic heterocycles. The number of benzene rings is 2.